The van der Waals surface area contributed by atoms with Crippen LogP contribution in [0.15, 0.2) is 48.5 Å². The van der Waals surface area contributed by atoms with Crippen LogP contribution >= 0.6 is 23.2 Å². The summed E-state index contributed by atoms with van der Waals surface area (Å²) in [5.74, 6) is -1.17. The number of nitrogens with zero attached hydrogens (tertiary/aromatic N) is 2. The maximum absolute atomic E-state index is 11.8. The molecule has 27 heavy (non-hydrogen) atoms. The summed E-state index contributed by atoms with van der Waals surface area (Å²) in [7, 11) is 1.49. The Balaban J connectivity index is 2.31. The zero-order chi connectivity index (χ0) is 19.6. The number of ether oxygens (including phenoxy) is 1. The van der Waals surface area contributed by atoms with Gasteiger partial charge in [0.2, 0.25) is 0 Å². The van der Waals surface area contributed by atoms with E-state index >= 15 is 0 Å². The molecule has 0 saturated heterocycles. The van der Waals surface area contributed by atoms with Gasteiger partial charge in [0.1, 0.15) is 5.69 Å². The van der Waals surface area contributed by atoms with Crippen LogP contribution in [-0.4, -0.2) is 28.2 Å². The second kappa shape index (κ2) is 8.05. The molecule has 1 heterocycles. The first-order chi connectivity index (χ1) is 12.9. The number of aromatic nitrogens is 2. The molecular formula is C20H16Cl2N2O3. The van der Waals surface area contributed by atoms with E-state index in [0.29, 0.717) is 27.0 Å². The average Bonchev–Trinajstić information content (AvgIpc) is 2.67. The number of hydrogen-bond acceptors (Lipinski definition) is 4. The van der Waals surface area contributed by atoms with E-state index in [9.17, 15) is 9.90 Å². The van der Waals surface area contributed by atoms with Crippen LogP contribution in [0.1, 0.15) is 29.2 Å². The summed E-state index contributed by atoms with van der Waals surface area (Å²) in [4.78, 5) is 20.8. The Morgan fingerprint density at radius 3 is 1.78 bits per heavy atom. The Hall–Kier alpha value is -2.47. The van der Waals surface area contributed by atoms with Crippen molar-refractivity contribution < 1.29 is 14.6 Å². The van der Waals surface area contributed by atoms with E-state index in [2.05, 4.69) is 9.97 Å². The van der Waals surface area contributed by atoms with Gasteiger partial charge in [0.05, 0.1) is 17.5 Å². The number of carboxylic acid groups (broad SMARTS) is 1. The molecule has 2 aromatic carbocycles. The third-order valence-electron chi connectivity index (χ3n) is 4.10. The molecule has 0 spiro atoms. The number of benzene rings is 2. The van der Waals surface area contributed by atoms with Crippen LogP contribution < -0.4 is 0 Å². The molecule has 0 aliphatic carbocycles. The van der Waals surface area contributed by atoms with E-state index in [-0.39, 0.29) is 11.4 Å². The lowest BCUT2D eigenvalue weighted by atomic mass is 10.0. The van der Waals surface area contributed by atoms with Crippen molar-refractivity contribution in [2.45, 2.75) is 13.0 Å². The Bertz CT molecular complexity index is 974. The van der Waals surface area contributed by atoms with Gasteiger partial charge in [-0.3, -0.25) is 0 Å². The zero-order valence-electron chi connectivity index (χ0n) is 14.6. The summed E-state index contributed by atoms with van der Waals surface area (Å²) in [5, 5.41) is 10.8. The number of hydrogen-bond donors (Lipinski definition) is 1. The predicted octanol–water partition coefficient (Wildman–Crippen LogP) is 5.52. The van der Waals surface area contributed by atoms with E-state index in [1.807, 2.05) is 12.1 Å². The van der Waals surface area contributed by atoms with Crippen LogP contribution in [0.3, 0.4) is 0 Å². The first-order valence-electron chi connectivity index (χ1n) is 8.10. The van der Waals surface area contributed by atoms with Gasteiger partial charge in [-0.2, -0.15) is 0 Å². The monoisotopic (exact) mass is 402 g/mol. The minimum Gasteiger partial charge on any atom is -0.476 e. The summed E-state index contributed by atoms with van der Waals surface area (Å²) in [6, 6.07) is 14.1. The Morgan fingerprint density at radius 1 is 0.926 bits per heavy atom. The Labute approximate surface area is 166 Å². The second-order valence-electron chi connectivity index (χ2n) is 5.85. The smallest absolute Gasteiger partial charge is 0.356 e. The molecule has 0 radical (unpaired) electrons. The van der Waals surface area contributed by atoms with Gasteiger partial charge in [0, 0.05) is 28.3 Å². The van der Waals surface area contributed by atoms with E-state index in [0.717, 1.165) is 5.56 Å². The van der Waals surface area contributed by atoms with Crippen molar-refractivity contribution in [2.24, 2.45) is 0 Å². The number of carbonyl (C=O) groups is 1. The van der Waals surface area contributed by atoms with Crippen molar-refractivity contribution >= 4 is 29.2 Å². The van der Waals surface area contributed by atoms with Crippen molar-refractivity contribution in [3.05, 3.63) is 70.0 Å². The molecule has 138 valence electrons. The predicted molar refractivity (Wildman–Crippen MR) is 105 cm³/mol. The van der Waals surface area contributed by atoms with Crippen LogP contribution in [0.4, 0.5) is 0 Å². The maximum Gasteiger partial charge on any atom is 0.356 e. The molecule has 7 heteroatoms. The fraction of sp³-hybridized carbons (Fsp3) is 0.150. The van der Waals surface area contributed by atoms with Crippen LogP contribution in [-0.2, 0) is 4.74 Å². The molecule has 0 saturated carbocycles. The van der Waals surface area contributed by atoms with Gasteiger partial charge in [0.25, 0.3) is 0 Å². The minimum absolute atomic E-state index is 0.146. The van der Waals surface area contributed by atoms with Crippen molar-refractivity contribution in [1.29, 1.82) is 0 Å². The largest absolute Gasteiger partial charge is 0.476 e. The lowest BCUT2D eigenvalue weighted by molar-refractivity contribution is 0.0673. The van der Waals surface area contributed by atoms with Gasteiger partial charge in [-0.1, -0.05) is 47.5 Å². The SMILES string of the molecule is COC(C)c1nc(-c2ccc(Cl)cc2)c(-c2ccc(Cl)cc2)nc1C(=O)O. The van der Waals surface area contributed by atoms with Gasteiger partial charge in [-0.15, -0.1) is 0 Å². The molecular weight excluding hydrogens is 387 g/mol. The van der Waals surface area contributed by atoms with E-state index < -0.39 is 12.1 Å². The van der Waals surface area contributed by atoms with E-state index in [4.69, 9.17) is 27.9 Å². The van der Waals surface area contributed by atoms with Gasteiger partial charge in [0.15, 0.2) is 5.69 Å². The van der Waals surface area contributed by atoms with Crippen LogP contribution in [0.5, 0.6) is 0 Å². The van der Waals surface area contributed by atoms with Gasteiger partial charge in [-0.05, 0) is 31.2 Å². The quantitative estimate of drug-likeness (QED) is 0.607. The van der Waals surface area contributed by atoms with Crippen LogP contribution in [0.2, 0.25) is 10.0 Å². The lowest BCUT2D eigenvalue weighted by Crippen LogP contribution is -2.14. The van der Waals surface area contributed by atoms with E-state index in [1.54, 1.807) is 43.3 Å². The minimum atomic E-state index is -1.17. The Kier molecular flexibility index (Phi) is 5.75. The summed E-state index contributed by atoms with van der Waals surface area (Å²) in [6.07, 6.45) is -0.533. The number of halogens is 2. The molecule has 0 fully saturated rings. The highest BCUT2D eigenvalue weighted by Gasteiger charge is 2.24. The summed E-state index contributed by atoms with van der Waals surface area (Å²) in [6.45, 7) is 1.73. The number of rotatable bonds is 5. The maximum atomic E-state index is 11.8. The molecule has 0 aliphatic rings. The topological polar surface area (TPSA) is 72.3 Å². The zero-order valence-corrected chi connectivity index (χ0v) is 16.1. The number of methoxy groups -OCH3 is 1. The number of aromatic carboxylic acids is 1. The first kappa shape index (κ1) is 19.3. The molecule has 0 aliphatic heterocycles. The average molecular weight is 403 g/mol. The van der Waals surface area contributed by atoms with Crippen LogP contribution in [0, 0.1) is 0 Å². The highest BCUT2D eigenvalue weighted by Crippen LogP contribution is 2.33. The first-order valence-corrected chi connectivity index (χ1v) is 8.86. The summed E-state index contributed by atoms with van der Waals surface area (Å²) < 4.78 is 5.29. The van der Waals surface area contributed by atoms with Crippen molar-refractivity contribution in [2.75, 3.05) is 7.11 Å². The fourth-order valence-corrected chi connectivity index (χ4v) is 2.87. The molecule has 0 amide bonds. The highest BCUT2D eigenvalue weighted by atomic mass is 35.5. The summed E-state index contributed by atoms with van der Waals surface area (Å²) in [5.41, 5.74) is 2.56. The molecule has 0 bridgehead atoms. The second-order valence-corrected chi connectivity index (χ2v) is 6.72. The van der Waals surface area contributed by atoms with Gasteiger partial charge < -0.3 is 9.84 Å². The molecule has 3 aromatic rings. The van der Waals surface area contributed by atoms with Crippen LogP contribution in [0.25, 0.3) is 22.5 Å². The molecule has 5 nitrogen and oxygen atoms in total. The van der Waals surface area contributed by atoms with Crippen molar-refractivity contribution in [1.82, 2.24) is 9.97 Å². The van der Waals surface area contributed by atoms with Crippen molar-refractivity contribution in [3.63, 3.8) is 0 Å². The molecule has 1 aromatic heterocycles. The normalized spacial score (nSPS) is 12.0. The molecule has 1 unspecified atom stereocenters. The van der Waals surface area contributed by atoms with Gasteiger partial charge in [-0.25, -0.2) is 14.8 Å². The highest BCUT2D eigenvalue weighted by molar-refractivity contribution is 6.31. The fourth-order valence-electron chi connectivity index (χ4n) is 2.62. The van der Waals surface area contributed by atoms with Gasteiger partial charge >= 0.3 is 5.97 Å². The molecule has 1 N–H and O–H groups in total. The molecule has 1 atom stereocenters. The number of carboxylic acids is 1. The Morgan fingerprint density at radius 2 is 1.37 bits per heavy atom. The molecule has 3 rings (SSSR count). The third-order valence-corrected chi connectivity index (χ3v) is 4.60. The van der Waals surface area contributed by atoms with E-state index in [1.165, 1.54) is 7.11 Å². The standard InChI is InChI=1S/C20H16Cl2N2O3/c1-11(27-2)16-19(20(25)26)24-18(13-5-9-15(22)10-6-13)17(23-16)12-3-7-14(21)8-4-12/h3-11H,1-2H3,(H,25,26). The third kappa shape index (κ3) is 4.11. The summed E-state index contributed by atoms with van der Waals surface area (Å²) >= 11 is 12.0. The van der Waals surface area contributed by atoms with Crippen molar-refractivity contribution in [3.8, 4) is 22.5 Å². The lowest BCUT2D eigenvalue weighted by Gasteiger charge is -2.16.